The summed E-state index contributed by atoms with van der Waals surface area (Å²) in [5.41, 5.74) is 8.56. The lowest BCUT2D eigenvalue weighted by Gasteiger charge is -2.14. The van der Waals surface area contributed by atoms with Crippen molar-refractivity contribution < 1.29 is 27.7 Å². The first kappa shape index (κ1) is 27.2. The van der Waals surface area contributed by atoms with E-state index in [1.165, 1.54) is 45.9 Å². The highest BCUT2D eigenvalue weighted by Gasteiger charge is 2.18. The number of phenols is 1. The predicted molar refractivity (Wildman–Crippen MR) is 148 cm³/mol. The second kappa shape index (κ2) is 11.7. The van der Waals surface area contributed by atoms with E-state index in [0.717, 1.165) is 5.56 Å². The third kappa shape index (κ3) is 6.36. The molecule has 0 unspecified atom stereocenters. The Morgan fingerprint density at radius 3 is 2.26 bits per heavy atom. The van der Waals surface area contributed by atoms with E-state index in [1.54, 1.807) is 48.5 Å². The fraction of sp³-hybridized carbons (Fsp3) is 0.148. The van der Waals surface area contributed by atoms with Gasteiger partial charge in [-0.3, -0.25) is 4.99 Å². The summed E-state index contributed by atoms with van der Waals surface area (Å²) in [4.78, 5) is 12.5. The molecule has 0 atom stereocenters. The van der Waals surface area contributed by atoms with Gasteiger partial charge in [0.25, 0.3) is 10.0 Å². The van der Waals surface area contributed by atoms with Crippen molar-refractivity contribution in [2.45, 2.75) is 11.3 Å². The molecule has 0 radical (unpaired) electrons. The zero-order valence-electron chi connectivity index (χ0n) is 21.5. The van der Waals surface area contributed by atoms with E-state index in [1.807, 2.05) is 0 Å². The summed E-state index contributed by atoms with van der Waals surface area (Å²) < 4.78 is 44.2. The molecule has 1 heterocycles. The van der Waals surface area contributed by atoms with Crippen LogP contribution in [0, 0.1) is 0 Å². The van der Waals surface area contributed by atoms with Crippen LogP contribution in [-0.4, -0.2) is 51.0 Å². The van der Waals surface area contributed by atoms with E-state index in [4.69, 9.17) is 19.9 Å². The smallest absolute Gasteiger partial charge is 0.264 e. The van der Waals surface area contributed by atoms with Crippen LogP contribution >= 0.6 is 0 Å². The lowest BCUT2D eigenvalue weighted by atomic mass is 10.1. The summed E-state index contributed by atoms with van der Waals surface area (Å²) in [5.74, 6) is 1.50. The Balaban J connectivity index is 1.48. The van der Waals surface area contributed by atoms with Gasteiger partial charge in [0.1, 0.15) is 11.6 Å². The maximum absolute atomic E-state index is 12.9. The predicted octanol–water partition coefficient (Wildman–Crippen LogP) is 3.93. The van der Waals surface area contributed by atoms with Crippen LogP contribution in [0.25, 0.3) is 0 Å². The molecular weight excluding hydrogens is 522 g/mol. The van der Waals surface area contributed by atoms with Gasteiger partial charge >= 0.3 is 0 Å². The van der Waals surface area contributed by atoms with Crippen LogP contribution < -0.4 is 24.7 Å². The molecule has 39 heavy (non-hydrogen) atoms. The van der Waals surface area contributed by atoms with Gasteiger partial charge in [0, 0.05) is 30.0 Å². The summed E-state index contributed by atoms with van der Waals surface area (Å²) in [6.07, 6.45) is 3.30. The fourth-order valence-electron chi connectivity index (χ4n) is 3.69. The number of benzene rings is 3. The Morgan fingerprint density at radius 2 is 1.67 bits per heavy atom. The molecule has 202 valence electrons. The molecule has 0 saturated heterocycles. The maximum atomic E-state index is 12.9. The molecule has 0 fully saturated rings. The molecule has 0 spiro atoms. The number of ether oxygens (including phenoxy) is 3. The Morgan fingerprint density at radius 1 is 1.00 bits per heavy atom. The quantitative estimate of drug-likeness (QED) is 0.249. The molecule has 0 bridgehead atoms. The first-order valence-electron chi connectivity index (χ1n) is 11.6. The van der Waals surface area contributed by atoms with Crippen LogP contribution in [0.3, 0.4) is 0 Å². The van der Waals surface area contributed by atoms with Gasteiger partial charge < -0.3 is 25.1 Å². The number of hydrogen-bond acceptors (Lipinski definition) is 10. The third-order valence-corrected chi connectivity index (χ3v) is 7.02. The van der Waals surface area contributed by atoms with Gasteiger partial charge in [-0.2, -0.15) is 4.98 Å². The number of methoxy groups -OCH3 is 3. The number of hydrogen-bond donors (Lipinski definition) is 3. The number of rotatable bonds is 10. The summed E-state index contributed by atoms with van der Waals surface area (Å²) in [6.45, 7) is 0. The number of anilines is 2. The highest BCUT2D eigenvalue weighted by molar-refractivity contribution is 7.92. The highest BCUT2D eigenvalue weighted by Crippen LogP contribution is 2.39. The van der Waals surface area contributed by atoms with Crippen molar-refractivity contribution in [3.05, 3.63) is 83.6 Å². The van der Waals surface area contributed by atoms with Crippen LogP contribution in [0.1, 0.15) is 16.7 Å². The maximum Gasteiger partial charge on any atom is 0.264 e. The van der Waals surface area contributed by atoms with Gasteiger partial charge in [0.15, 0.2) is 11.5 Å². The van der Waals surface area contributed by atoms with Crippen LogP contribution in [0.5, 0.6) is 23.0 Å². The van der Waals surface area contributed by atoms with Crippen molar-refractivity contribution in [2.24, 2.45) is 4.99 Å². The number of aliphatic imine (C=N–C) groups is 1. The van der Waals surface area contributed by atoms with Crippen molar-refractivity contribution in [2.75, 3.05) is 31.8 Å². The molecule has 0 aliphatic carbocycles. The van der Waals surface area contributed by atoms with Crippen molar-refractivity contribution in [1.82, 2.24) is 9.97 Å². The van der Waals surface area contributed by atoms with E-state index >= 15 is 0 Å². The Labute approximate surface area is 226 Å². The molecule has 0 amide bonds. The minimum Gasteiger partial charge on any atom is -0.507 e. The highest BCUT2D eigenvalue weighted by atomic mass is 32.2. The largest absolute Gasteiger partial charge is 0.507 e. The normalized spacial score (nSPS) is 11.4. The minimum absolute atomic E-state index is 0.00678. The average molecular weight is 550 g/mol. The molecule has 1 aromatic heterocycles. The number of aromatic hydroxyl groups is 1. The zero-order valence-corrected chi connectivity index (χ0v) is 22.3. The number of nitrogens with two attached hydrogens (primary N) is 1. The van der Waals surface area contributed by atoms with Crippen molar-refractivity contribution in [1.29, 1.82) is 0 Å². The molecule has 0 aliphatic heterocycles. The number of para-hydroxylation sites is 1. The van der Waals surface area contributed by atoms with Gasteiger partial charge in [-0.15, -0.1) is 0 Å². The van der Waals surface area contributed by atoms with E-state index in [2.05, 4.69) is 19.7 Å². The van der Waals surface area contributed by atoms with E-state index < -0.39 is 10.0 Å². The van der Waals surface area contributed by atoms with Crippen molar-refractivity contribution in [3.8, 4) is 23.0 Å². The van der Waals surface area contributed by atoms with Gasteiger partial charge in [-0.25, -0.2) is 18.1 Å². The number of aromatic nitrogens is 2. The standard InChI is InChI=1S/C27H27N5O6S/c1-36-23-13-17(14-24(37-2)25(23)38-3)12-19-16-30-27(31-26(19)28)32-39(34,35)21-10-8-20(9-11-21)29-15-18-6-4-5-7-22(18)33/h4-11,13-16,33H,12H2,1-3H3,(H3,28,30,31,32). The lowest BCUT2D eigenvalue weighted by molar-refractivity contribution is 0.324. The minimum atomic E-state index is -3.99. The van der Waals surface area contributed by atoms with Crippen LogP contribution in [0.4, 0.5) is 17.5 Å². The first-order chi connectivity index (χ1) is 18.7. The van der Waals surface area contributed by atoms with Gasteiger partial charge in [-0.05, 0) is 54.1 Å². The Hall–Kier alpha value is -4.84. The molecule has 0 aliphatic rings. The van der Waals surface area contributed by atoms with E-state index in [9.17, 15) is 13.5 Å². The van der Waals surface area contributed by atoms with Gasteiger partial charge in [0.05, 0.1) is 31.9 Å². The molecular formula is C27H27N5O6S. The molecule has 3 aromatic carbocycles. The lowest BCUT2D eigenvalue weighted by Crippen LogP contribution is -2.16. The summed E-state index contributed by atoms with van der Waals surface area (Å²) in [6, 6.07) is 16.2. The summed E-state index contributed by atoms with van der Waals surface area (Å²) in [5, 5.41) is 9.84. The van der Waals surface area contributed by atoms with Crippen LogP contribution in [0.2, 0.25) is 0 Å². The number of nitrogen functional groups attached to an aromatic ring is 1. The number of nitrogens with zero attached hydrogens (tertiary/aromatic N) is 3. The average Bonchev–Trinajstić information content (AvgIpc) is 2.93. The number of phenolic OH excluding ortho intramolecular Hbond substituents is 1. The summed E-state index contributed by atoms with van der Waals surface area (Å²) in [7, 11) is 0.582. The van der Waals surface area contributed by atoms with Crippen LogP contribution in [-0.2, 0) is 16.4 Å². The fourth-order valence-corrected chi connectivity index (χ4v) is 4.64. The van der Waals surface area contributed by atoms with Crippen molar-refractivity contribution >= 4 is 33.7 Å². The van der Waals surface area contributed by atoms with E-state index in [-0.39, 0.29) is 22.4 Å². The Bertz CT molecular complexity index is 1580. The molecule has 12 heteroatoms. The monoisotopic (exact) mass is 549 g/mol. The molecule has 0 saturated carbocycles. The summed E-state index contributed by atoms with van der Waals surface area (Å²) >= 11 is 0. The second-order valence-corrected chi connectivity index (χ2v) is 9.91. The molecule has 4 rings (SSSR count). The van der Waals surface area contributed by atoms with Gasteiger partial charge in [0.2, 0.25) is 11.7 Å². The van der Waals surface area contributed by atoms with E-state index in [0.29, 0.717) is 40.5 Å². The first-order valence-corrected chi connectivity index (χ1v) is 13.1. The number of sulfonamides is 1. The van der Waals surface area contributed by atoms with Crippen molar-refractivity contribution in [3.63, 3.8) is 0 Å². The van der Waals surface area contributed by atoms with Crippen LogP contribution in [0.15, 0.2) is 76.7 Å². The van der Waals surface area contributed by atoms with Gasteiger partial charge in [-0.1, -0.05) is 12.1 Å². The topological polar surface area (TPSA) is 158 Å². The second-order valence-electron chi connectivity index (χ2n) is 8.23. The Kier molecular flexibility index (Phi) is 8.15. The number of nitrogens with one attached hydrogen (secondary N) is 1. The zero-order chi connectivity index (χ0) is 28.0. The molecule has 4 N–H and O–H groups in total. The SMILES string of the molecule is COc1cc(Cc2cnc(NS(=O)(=O)c3ccc(N=Cc4ccccc4O)cc3)nc2N)cc(OC)c1OC. The third-order valence-electron chi connectivity index (χ3n) is 5.68. The molecule has 11 nitrogen and oxygen atoms in total. The molecule has 4 aromatic rings.